The van der Waals surface area contributed by atoms with E-state index in [1.807, 2.05) is 4.90 Å². The molecule has 0 saturated carbocycles. The van der Waals surface area contributed by atoms with E-state index >= 15 is 0 Å². The smallest absolute Gasteiger partial charge is 0.219 e. The molecule has 0 aromatic rings. The lowest BCUT2D eigenvalue weighted by Gasteiger charge is -2.21. The summed E-state index contributed by atoms with van der Waals surface area (Å²) in [6.45, 7) is 3.47. The molecule has 0 aromatic carbocycles. The van der Waals surface area contributed by atoms with Crippen molar-refractivity contribution in [1.29, 1.82) is 0 Å². The van der Waals surface area contributed by atoms with E-state index in [1.165, 1.54) is 0 Å². The van der Waals surface area contributed by atoms with Crippen molar-refractivity contribution in [3.05, 3.63) is 12.2 Å². The molecule has 11 heavy (non-hydrogen) atoms. The molecule has 1 rings (SSSR count). The van der Waals surface area contributed by atoms with E-state index in [1.54, 1.807) is 6.92 Å². The zero-order valence-electron chi connectivity index (χ0n) is 7.05. The number of nitrogens with zero attached hydrogens (tertiary/aromatic N) is 1. The molecule has 0 unspecified atom stereocenters. The maximum absolute atomic E-state index is 11.0. The molecule has 0 atom stereocenters. The number of carbonyl (C=O) groups excluding carboxylic acids is 1. The zero-order valence-corrected chi connectivity index (χ0v) is 7.05. The van der Waals surface area contributed by atoms with Gasteiger partial charge in [0.15, 0.2) is 0 Å². The topological polar surface area (TPSA) is 20.3 Å². The minimum absolute atomic E-state index is 0.209. The standard InChI is InChI=1S/C9H15NO/c1-9(11)10-7-5-3-2-4-6-8-10/h2-3H,4-8H2,1H3/b3-2-. The van der Waals surface area contributed by atoms with Crippen LogP contribution >= 0.6 is 0 Å². The normalized spacial score (nSPS) is 22.1. The summed E-state index contributed by atoms with van der Waals surface area (Å²) in [5.41, 5.74) is 0. The van der Waals surface area contributed by atoms with Gasteiger partial charge in [-0.1, -0.05) is 12.2 Å². The minimum atomic E-state index is 0.209. The number of carbonyl (C=O) groups is 1. The Balaban J connectivity index is 2.42. The predicted molar refractivity (Wildman–Crippen MR) is 45.2 cm³/mol. The van der Waals surface area contributed by atoms with Gasteiger partial charge in [-0.25, -0.2) is 0 Å². The van der Waals surface area contributed by atoms with Crippen molar-refractivity contribution in [2.75, 3.05) is 13.1 Å². The van der Waals surface area contributed by atoms with Gasteiger partial charge in [0.2, 0.25) is 5.91 Å². The lowest BCUT2D eigenvalue weighted by molar-refractivity contribution is -0.128. The third kappa shape index (κ3) is 2.74. The van der Waals surface area contributed by atoms with E-state index in [-0.39, 0.29) is 5.91 Å². The number of amides is 1. The van der Waals surface area contributed by atoms with Crippen LogP contribution in [0.5, 0.6) is 0 Å². The van der Waals surface area contributed by atoms with Gasteiger partial charge in [-0.3, -0.25) is 4.79 Å². The van der Waals surface area contributed by atoms with Gasteiger partial charge >= 0.3 is 0 Å². The van der Waals surface area contributed by atoms with Gasteiger partial charge in [0.25, 0.3) is 0 Å². The lowest BCUT2D eigenvalue weighted by Crippen LogP contribution is -2.30. The average molecular weight is 153 g/mol. The van der Waals surface area contributed by atoms with Gasteiger partial charge in [0.05, 0.1) is 0 Å². The van der Waals surface area contributed by atoms with Gasteiger partial charge in [-0.15, -0.1) is 0 Å². The molecule has 2 heteroatoms. The largest absolute Gasteiger partial charge is 0.343 e. The van der Waals surface area contributed by atoms with Crippen LogP contribution in [0.2, 0.25) is 0 Å². The zero-order chi connectivity index (χ0) is 8.10. The van der Waals surface area contributed by atoms with Crippen LogP contribution in [0.3, 0.4) is 0 Å². The first-order chi connectivity index (χ1) is 5.30. The summed E-state index contributed by atoms with van der Waals surface area (Å²) in [6, 6.07) is 0. The number of hydrogen-bond donors (Lipinski definition) is 0. The van der Waals surface area contributed by atoms with Crippen LogP contribution in [0.4, 0.5) is 0 Å². The van der Waals surface area contributed by atoms with Crippen molar-refractivity contribution in [3.63, 3.8) is 0 Å². The van der Waals surface area contributed by atoms with E-state index < -0.39 is 0 Å². The fraction of sp³-hybridized carbons (Fsp3) is 0.667. The second-order valence-corrected chi connectivity index (χ2v) is 2.91. The second-order valence-electron chi connectivity index (χ2n) is 2.91. The first kappa shape index (κ1) is 8.31. The molecule has 0 fully saturated rings. The molecule has 0 spiro atoms. The molecule has 0 radical (unpaired) electrons. The molecule has 1 aliphatic rings. The van der Waals surface area contributed by atoms with Crippen LogP contribution < -0.4 is 0 Å². The van der Waals surface area contributed by atoms with Crippen molar-refractivity contribution >= 4 is 5.91 Å². The van der Waals surface area contributed by atoms with Crippen LogP contribution in [-0.2, 0) is 4.79 Å². The fourth-order valence-corrected chi connectivity index (χ4v) is 1.29. The van der Waals surface area contributed by atoms with Gasteiger partial charge in [0.1, 0.15) is 0 Å². The second kappa shape index (κ2) is 4.16. The predicted octanol–water partition coefficient (Wildman–Crippen LogP) is 1.58. The summed E-state index contributed by atoms with van der Waals surface area (Å²) in [6.07, 6.45) is 7.60. The SMILES string of the molecule is CC(=O)N1CC/C=C\CCC1. The van der Waals surface area contributed by atoms with Gasteiger partial charge in [-0.05, 0) is 19.3 Å². The Morgan fingerprint density at radius 2 is 2.00 bits per heavy atom. The molecule has 0 aromatic heterocycles. The van der Waals surface area contributed by atoms with E-state index in [0.29, 0.717) is 0 Å². The van der Waals surface area contributed by atoms with Crippen LogP contribution in [0, 0.1) is 0 Å². The van der Waals surface area contributed by atoms with Crippen molar-refractivity contribution < 1.29 is 4.79 Å². The van der Waals surface area contributed by atoms with E-state index in [9.17, 15) is 4.79 Å². The van der Waals surface area contributed by atoms with Crippen molar-refractivity contribution in [2.45, 2.75) is 26.2 Å². The maximum atomic E-state index is 11.0. The summed E-state index contributed by atoms with van der Waals surface area (Å²) in [4.78, 5) is 12.9. The Bertz CT molecular complexity index is 163. The third-order valence-corrected chi connectivity index (χ3v) is 1.98. The molecular weight excluding hydrogens is 138 g/mol. The highest BCUT2D eigenvalue weighted by Crippen LogP contribution is 2.03. The monoisotopic (exact) mass is 153 g/mol. The molecule has 62 valence electrons. The Kier molecular flexibility index (Phi) is 3.14. The highest BCUT2D eigenvalue weighted by Gasteiger charge is 2.07. The summed E-state index contributed by atoms with van der Waals surface area (Å²) in [5.74, 6) is 0.209. The molecule has 1 amide bonds. The van der Waals surface area contributed by atoms with Crippen molar-refractivity contribution in [1.82, 2.24) is 4.90 Å². The third-order valence-electron chi connectivity index (χ3n) is 1.98. The molecule has 1 aliphatic heterocycles. The molecule has 0 N–H and O–H groups in total. The number of hydrogen-bond acceptors (Lipinski definition) is 1. The molecule has 0 bridgehead atoms. The number of allylic oxidation sites excluding steroid dienone is 1. The molecule has 0 aliphatic carbocycles. The fourth-order valence-electron chi connectivity index (χ4n) is 1.29. The Hall–Kier alpha value is -0.790. The minimum Gasteiger partial charge on any atom is -0.343 e. The summed E-state index contributed by atoms with van der Waals surface area (Å²) < 4.78 is 0. The number of rotatable bonds is 0. The first-order valence-corrected chi connectivity index (χ1v) is 4.21. The Morgan fingerprint density at radius 1 is 1.27 bits per heavy atom. The van der Waals surface area contributed by atoms with E-state index in [2.05, 4.69) is 12.2 Å². The van der Waals surface area contributed by atoms with Crippen LogP contribution in [0.15, 0.2) is 12.2 Å². The van der Waals surface area contributed by atoms with Gasteiger partial charge in [0, 0.05) is 20.0 Å². The van der Waals surface area contributed by atoms with Crippen molar-refractivity contribution in [2.24, 2.45) is 0 Å². The van der Waals surface area contributed by atoms with Crippen LogP contribution in [0.25, 0.3) is 0 Å². The first-order valence-electron chi connectivity index (χ1n) is 4.21. The highest BCUT2D eigenvalue weighted by molar-refractivity contribution is 5.73. The maximum Gasteiger partial charge on any atom is 0.219 e. The molecule has 2 nitrogen and oxygen atoms in total. The summed E-state index contributed by atoms with van der Waals surface area (Å²) in [5, 5.41) is 0. The van der Waals surface area contributed by atoms with E-state index in [0.717, 1.165) is 32.4 Å². The summed E-state index contributed by atoms with van der Waals surface area (Å²) in [7, 11) is 0. The lowest BCUT2D eigenvalue weighted by atomic mass is 10.2. The van der Waals surface area contributed by atoms with Gasteiger partial charge < -0.3 is 4.90 Å². The quantitative estimate of drug-likeness (QED) is 0.484. The van der Waals surface area contributed by atoms with Gasteiger partial charge in [-0.2, -0.15) is 0 Å². The molecule has 0 saturated heterocycles. The van der Waals surface area contributed by atoms with E-state index in [4.69, 9.17) is 0 Å². The molecular formula is C9H15NO. The average Bonchev–Trinajstić information content (AvgIpc) is 1.84. The Labute approximate surface area is 67.9 Å². The Morgan fingerprint density at radius 3 is 2.73 bits per heavy atom. The summed E-state index contributed by atoms with van der Waals surface area (Å²) >= 11 is 0. The van der Waals surface area contributed by atoms with Crippen molar-refractivity contribution in [3.8, 4) is 0 Å². The highest BCUT2D eigenvalue weighted by atomic mass is 16.2. The van der Waals surface area contributed by atoms with Crippen LogP contribution in [0.1, 0.15) is 26.2 Å². The van der Waals surface area contributed by atoms with Crippen LogP contribution in [-0.4, -0.2) is 23.9 Å². The molecule has 1 heterocycles.